The van der Waals surface area contributed by atoms with Crippen LogP contribution in [0.5, 0.6) is 0 Å². The average Bonchev–Trinajstić information content (AvgIpc) is 2.78. The van der Waals surface area contributed by atoms with E-state index >= 15 is 0 Å². The fourth-order valence-corrected chi connectivity index (χ4v) is 2.85. The molecule has 2 atom stereocenters. The van der Waals surface area contributed by atoms with Crippen LogP contribution >= 0.6 is 0 Å². The van der Waals surface area contributed by atoms with Gasteiger partial charge in [0.05, 0.1) is 5.69 Å². The van der Waals surface area contributed by atoms with Crippen LogP contribution < -0.4 is 10.2 Å². The van der Waals surface area contributed by atoms with Crippen LogP contribution in [0, 0.1) is 0 Å². The summed E-state index contributed by atoms with van der Waals surface area (Å²) in [6.07, 6.45) is 3.80. The Morgan fingerprint density at radius 3 is 2.89 bits per heavy atom. The molecule has 0 radical (unpaired) electrons. The summed E-state index contributed by atoms with van der Waals surface area (Å²) in [5.74, 6) is 1.15. The van der Waals surface area contributed by atoms with Crippen LogP contribution in [0.15, 0.2) is 18.2 Å². The Labute approximate surface area is 111 Å². The zero-order valence-corrected chi connectivity index (χ0v) is 11.8. The van der Waals surface area contributed by atoms with Crippen molar-refractivity contribution in [3.8, 4) is 0 Å². The van der Waals surface area contributed by atoms with E-state index in [9.17, 15) is 0 Å². The van der Waals surface area contributed by atoms with Crippen molar-refractivity contribution in [1.82, 2.24) is 10.3 Å². The van der Waals surface area contributed by atoms with Gasteiger partial charge in [-0.15, -0.1) is 0 Å². The number of hydrogen-bond acceptors (Lipinski definition) is 3. The van der Waals surface area contributed by atoms with Gasteiger partial charge in [0, 0.05) is 18.6 Å². The standard InChI is InChI=1S/C15H25N3/c1-4-14-10-9-12(3)18(14)15-8-6-7-13(17-15)11-16-5-2/h6-8,12,14,16H,4-5,9-11H2,1-3H3. The van der Waals surface area contributed by atoms with Gasteiger partial charge in [0.15, 0.2) is 0 Å². The fraction of sp³-hybridized carbons (Fsp3) is 0.667. The second kappa shape index (κ2) is 6.19. The molecule has 2 heterocycles. The molecule has 2 rings (SSSR count). The summed E-state index contributed by atoms with van der Waals surface area (Å²) < 4.78 is 0. The third kappa shape index (κ3) is 2.83. The summed E-state index contributed by atoms with van der Waals surface area (Å²) in [6.45, 7) is 8.57. The van der Waals surface area contributed by atoms with Crippen molar-refractivity contribution in [3.05, 3.63) is 23.9 Å². The smallest absolute Gasteiger partial charge is 0.129 e. The minimum absolute atomic E-state index is 0.622. The number of nitrogens with zero attached hydrogens (tertiary/aromatic N) is 2. The molecule has 1 N–H and O–H groups in total. The van der Waals surface area contributed by atoms with E-state index in [1.54, 1.807) is 0 Å². The van der Waals surface area contributed by atoms with Gasteiger partial charge in [-0.25, -0.2) is 4.98 Å². The lowest BCUT2D eigenvalue weighted by atomic mass is 10.1. The van der Waals surface area contributed by atoms with Gasteiger partial charge in [0.2, 0.25) is 0 Å². The molecule has 0 saturated carbocycles. The molecule has 1 aromatic rings. The molecular formula is C15H25N3. The molecule has 0 aromatic carbocycles. The molecule has 3 heteroatoms. The largest absolute Gasteiger partial charge is 0.351 e. The zero-order valence-electron chi connectivity index (χ0n) is 11.8. The highest BCUT2D eigenvalue weighted by molar-refractivity contribution is 5.43. The molecule has 1 saturated heterocycles. The number of pyridine rings is 1. The summed E-state index contributed by atoms with van der Waals surface area (Å²) in [5, 5.41) is 3.34. The monoisotopic (exact) mass is 247 g/mol. The normalized spacial score (nSPS) is 23.6. The number of aromatic nitrogens is 1. The maximum atomic E-state index is 4.80. The van der Waals surface area contributed by atoms with E-state index in [0.29, 0.717) is 12.1 Å². The highest BCUT2D eigenvalue weighted by atomic mass is 15.3. The Hall–Kier alpha value is -1.09. The molecular weight excluding hydrogens is 222 g/mol. The quantitative estimate of drug-likeness (QED) is 0.867. The molecule has 0 bridgehead atoms. The maximum Gasteiger partial charge on any atom is 0.129 e. The predicted molar refractivity (Wildman–Crippen MR) is 76.9 cm³/mol. The lowest BCUT2D eigenvalue weighted by Crippen LogP contribution is -2.35. The summed E-state index contributed by atoms with van der Waals surface area (Å²) in [7, 11) is 0. The molecule has 3 nitrogen and oxygen atoms in total. The lowest BCUT2D eigenvalue weighted by molar-refractivity contribution is 0.617. The van der Waals surface area contributed by atoms with Crippen LogP contribution in [0.25, 0.3) is 0 Å². The van der Waals surface area contributed by atoms with Gasteiger partial charge < -0.3 is 10.2 Å². The number of nitrogens with one attached hydrogen (secondary N) is 1. The van der Waals surface area contributed by atoms with E-state index in [0.717, 1.165) is 24.6 Å². The Kier molecular flexibility index (Phi) is 4.59. The minimum atomic E-state index is 0.622. The fourth-order valence-electron chi connectivity index (χ4n) is 2.85. The van der Waals surface area contributed by atoms with E-state index in [1.807, 2.05) is 0 Å². The van der Waals surface area contributed by atoms with Crippen LogP contribution in [-0.2, 0) is 6.54 Å². The van der Waals surface area contributed by atoms with Crippen LogP contribution in [0.4, 0.5) is 5.82 Å². The third-order valence-electron chi connectivity index (χ3n) is 3.87. The summed E-state index contributed by atoms with van der Waals surface area (Å²) in [5.41, 5.74) is 1.14. The van der Waals surface area contributed by atoms with Gasteiger partial charge in [-0.2, -0.15) is 0 Å². The molecule has 0 aliphatic carbocycles. The highest BCUT2D eigenvalue weighted by Gasteiger charge is 2.30. The zero-order chi connectivity index (χ0) is 13.0. The van der Waals surface area contributed by atoms with Crippen LogP contribution in [-0.4, -0.2) is 23.6 Å². The molecule has 100 valence electrons. The summed E-state index contributed by atoms with van der Waals surface area (Å²) >= 11 is 0. The van der Waals surface area contributed by atoms with E-state index in [-0.39, 0.29) is 0 Å². The van der Waals surface area contributed by atoms with E-state index in [1.165, 1.54) is 19.3 Å². The molecule has 18 heavy (non-hydrogen) atoms. The van der Waals surface area contributed by atoms with Gasteiger partial charge in [0.1, 0.15) is 5.82 Å². The van der Waals surface area contributed by atoms with Crippen LogP contribution in [0.3, 0.4) is 0 Å². The summed E-state index contributed by atoms with van der Waals surface area (Å²) in [6, 6.07) is 7.68. The van der Waals surface area contributed by atoms with Gasteiger partial charge in [0.25, 0.3) is 0 Å². The topological polar surface area (TPSA) is 28.2 Å². The van der Waals surface area contributed by atoms with Gasteiger partial charge >= 0.3 is 0 Å². The van der Waals surface area contributed by atoms with Crippen molar-refractivity contribution in [3.63, 3.8) is 0 Å². The Bertz CT molecular complexity index is 378. The van der Waals surface area contributed by atoms with Gasteiger partial charge in [-0.3, -0.25) is 0 Å². The molecule has 0 spiro atoms. The van der Waals surface area contributed by atoms with Crippen molar-refractivity contribution >= 4 is 5.82 Å². The minimum Gasteiger partial charge on any atom is -0.351 e. The van der Waals surface area contributed by atoms with Gasteiger partial charge in [-0.1, -0.05) is 19.9 Å². The van der Waals surface area contributed by atoms with E-state index in [2.05, 4.69) is 49.2 Å². The first kappa shape index (κ1) is 13.3. The number of rotatable bonds is 5. The molecule has 1 aromatic heterocycles. The molecule has 1 fully saturated rings. The van der Waals surface area contributed by atoms with E-state index < -0.39 is 0 Å². The van der Waals surface area contributed by atoms with E-state index in [4.69, 9.17) is 4.98 Å². The van der Waals surface area contributed by atoms with Crippen molar-refractivity contribution in [1.29, 1.82) is 0 Å². The van der Waals surface area contributed by atoms with Crippen molar-refractivity contribution < 1.29 is 0 Å². The first-order chi connectivity index (χ1) is 8.76. The first-order valence-electron chi connectivity index (χ1n) is 7.21. The van der Waals surface area contributed by atoms with Crippen molar-refractivity contribution in [2.75, 3.05) is 11.4 Å². The highest BCUT2D eigenvalue weighted by Crippen LogP contribution is 2.30. The Balaban J connectivity index is 2.16. The Morgan fingerprint density at radius 2 is 2.17 bits per heavy atom. The second-order valence-electron chi connectivity index (χ2n) is 5.16. The molecule has 0 amide bonds. The molecule has 2 unspecified atom stereocenters. The van der Waals surface area contributed by atoms with Crippen LogP contribution in [0.2, 0.25) is 0 Å². The van der Waals surface area contributed by atoms with Crippen molar-refractivity contribution in [2.24, 2.45) is 0 Å². The first-order valence-corrected chi connectivity index (χ1v) is 7.21. The average molecular weight is 247 g/mol. The van der Waals surface area contributed by atoms with Gasteiger partial charge in [-0.05, 0) is 44.9 Å². The number of hydrogen-bond donors (Lipinski definition) is 1. The molecule has 1 aliphatic heterocycles. The maximum absolute atomic E-state index is 4.80. The second-order valence-corrected chi connectivity index (χ2v) is 5.16. The third-order valence-corrected chi connectivity index (χ3v) is 3.87. The lowest BCUT2D eigenvalue weighted by Gasteiger charge is -2.29. The SMILES string of the molecule is CCNCc1cccc(N2C(C)CCC2CC)n1. The predicted octanol–water partition coefficient (Wildman–Crippen LogP) is 2.96. The van der Waals surface area contributed by atoms with Crippen LogP contribution in [0.1, 0.15) is 45.7 Å². The summed E-state index contributed by atoms with van der Waals surface area (Å²) in [4.78, 5) is 7.31. The van der Waals surface area contributed by atoms with Crippen molar-refractivity contribution in [2.45, 2.75) is 58.7 Å². The number of anilines is 1. The molecule has 1 aliphatic rings. The Morgan fingerprint density at radius 1 is 1.33 bits per heavy atom.